The number of carbonyl (C=O) groups excluding carboxylic acids is 4. The number of nitrogens with one attached hydrogen (secondary N) is 2. The fourth-order valence-corrected chi connectivity index (χ4v) is 9.62. The number of aromatic nitrogens is 12. The number of nitrogens with zero attached hydrogens (tertiary/aromatic N) is 16. The van der Waals surface area contributed by atoms with Gasteiger partial charge in [-0.2, -0.15) is 20.6 Å². The van der Waals surface area contributed by atoms with Crippen LogP contribution in [0, 0.1) is 11.3 Å². The minimum atomic E-state index is -0.615. The van der Waals surface area contributed by atoms with Crippen LogP contribution in [0.4, 0.5) is 27.0 Å². The molecule has 8 N–H and O–H groups in total. The molecule has 9 heterocycles. The van der Waals surface area contributed by atoms with Gasteiger partial charge in [0.25, 0.3) is 11.8 Å². The lowest BCUT2D eigenvalue weighted by molar-refractivity contribution is 0.0488. The lowest BCUT2D eigenvalue weighted by atomic mass is 10.1. The van der Waals surface area contributed by atoms with Crippen molar-refractivity contribution in [3.63, 3.8) is 0 Å². The van der Waals surface area contributed by atoms with Gasteiger partial charge < -0.3 is 52.0 Å². The van der Waals surface area contributed by atoms with Gasteiger partial charge in [0.2, 0.25) is 0 Å². The number of carbonyl (C=O) groups is 4. The molecule has 6 aromatic heterocycles. The molecule has 0 radical (unpaired) electrons. The van der Waals surface area contributed by atoms with Crippen molar-refractivity contribution in [3.05, 3.63) is 107 Å². The summed E-state index contributed by atoms with van der Waals surface area (Å²) in [6.45, 7) is 15.5. The summed E-state index contributed by atoms with van der Waals surface area (Å²) in [5.74, 6) is 0.909. The number of aryl methyl sites for hydroxylation is 3. The normalized spacial score (nSPS) is 17.3. The molecule has 0 saturated carbocycles. The summed E-state index contributed by atoms with van der Waals surface area (Å²) in [4.78, 5) is 80.7. The van der Waals surface area contributed by atoms with E-state index >= 15 is 0 Å². The van der Waals surface area contributed by atoms with E-state index in [4.69, 9.17) is 31.7 Å². The Morgan fingerprint density at radius 1 is 0.573 bits per heavy atom. The van der Waals surface area contributed by atoms with E-state index in [1.165, 1.54) is 0 Å². The zero-order valence-corrected chi connectivity index (χ0v) is 48.4. The van der Waals surface area contributed by atoms with E-state index in [0.717, 1.165) is 87.2 Å². The largest absolute Gasteiger partial charge is 0.444 e. The zero-order valence-electron chi connectivity index (χ0n) is 48.4. The summed E-state index contributed by atoms with van der Waals surface area (Å²) in [6, 6.07) is 2.17. The Morgan fingerprint density at radius 3 is 1.29 bits per heavy atom. The Labute approximate surface area is 477 Å². The Bertz CT molecular complexity index is 3210. The number of hydrogen-bond donors (Lipinski definition) is 5. The summed E-state index contributed by atoms with van der Waals surface area (Å²) < 4.78 is 15.8. The third-order valence-electron chi connectivity index (χ3n) is 13.2. The second kappa shape index (κ2) is 27.1. The number of rotatable bonds is 13. The van der Waals surface area contributed by atoms with Gasteiger partial charge >= 0.3 is 12.2 Å². The lowest BCUT2D eigenvalue weighted by Gasteiger charge is -2.34. The van der Waals surface area contributed by atoms with Crippen LogP contribution in [0.3, 0.4) is 0 Å². The predicted octanol–water partition coefficient (Wildman–Crippen LogP) is 3.39. The fraction of sp³-hybridized carbons (Fsp3) is 0.527. The van der Waals surface area contributed by atoms with Gasteiger partial charge in [0, 0.05) is 116 Å². The minimum Gasteiger partial charge on any atom is -0.444 e. The van der Waals surface area contributed by atoms with Crippen molar-refractivity contribution in [2.24, 2.45) is 38.3 Å². The van der Waals surface area contributed by atoms with Gasteiger partial charge in [-0.05, 0) is 96.8 Å². The van der Waals surface area contributed by atoms with Crippen LogP contribution < -0.4 is 42.5 Å². The quantitative estimate of drug-likeness (QED) is 0.111. The van der Waals surface area contributed by atoms with Crippen LogP contribution in [-0.2, 0) is 49.9 Å². The summed E-state index contributed by atoms with van der Waals surface area (Å²) >= 11 is 0. The summed E-state index contributed by atoms with van der Waals surface area (Å²) in [6.07, 6.45) is 21.8. The third-order valence-corrected chi connectivity index (χ3v) is 13.2. The van der Waals surface area contributed by atoms with Crippen LogP contribution in [0.25, 0.3) is 0 Å². The smallest absolute Gasteiger partial charge is 0.407 e. The standard InChI is InChI=1S/C20H29N7O3.C20H27N7O2.C15H21N7O/c1-20(2,3)30-19(29)24-14-6-5-7-27(12-14)16-10-22-17(18(21)28)15(25-16)8-13-9-23-26(4)11-13;1-20(2,3)29-19(28)24-15-6-5-7-27(13-15)18-11-22-17(9-21)16(25-18)8-14-10-23-26(4)12-14;1-21-8-10(6-19-21)5-12-14(15(17)23)18-7-13(20-12)22-4-2-3-11(16)9-22/h9-11,14H,5-8,12H2,1-4H3,(H2,21,28)(H,24,29);10-12,15H,5-8,13H2,1-4H3,(H,24,28);6-8,11H,2-5,9,16H2,1H3,(H2,17,23). The average Bonchev–Trinajstić information content (AvgIpc) is 4.29. The molecule has 438 valence electrons. The van der Waals surface area contributed by atoms with Crippen LogP contribution in [0.2, 0.25) is 0 Å². The molecule has 27 heteroatoms. The van der Waals surface area contributed by atoms with Crippen LogP contribution in [-0.4, -0.2) is 152 Å². The molecule has 0 aromatic carbocycles. The van der Waals surface area contributed by atoms with Crippen molar-refractivity contribution in [3.8, 4) is 6.07 Å². The maximum absolute atomic E-state index is 12.1. The summed E-state index contributed by atoms with van der Waals surface area (Å²) in [5.41, 5.74) is 21.1. The first-order chi connectivity index (χ1) is 38.9. The van der Waals surface area contributed by atoms with E-state index in [1.54, 1.807) is 51.2 Å². The molecule has 3 saturated heterocycles. The highest BCUT2D eigenvalue weighted by Gasteiger charge is 2.29. The molecular formula is C55H77N21O6. The van der Waals surface area contributed by atoms with Gasteiger partial charge in [-0.1, -0.05) is 0 Å². The lowest BCUT2D eigenvalue weighted by Crippen LogP contribution is -2.49. The van der Waals surface area contributed by atoms with Gasteiger partial charge in [-0.15, -0.1) is 0 Å². The first kappa shape index (κ1) is 60.8. The highest BCUT2D eigenvalue weighted by atomic mass is 16.6. The highest BCUT2D eigenvalue weighted by molar-refractivity contribution is 5.92. The topological polar surface area (TPSA) is 353 Å². The number of hydrogen-bond acceptors (Lipinski definition) is 20. The van der Waals surface area contributed by atoms with Crippen LogP contribution in [0.1, 0.15) is 141 Å². The van der Waals surface area contributed by atoms with Gasteiger partial charge in [0.15, 0.2) is 5.69 Å². The maximum Gasteiger partial charge on any atom is 0.407 e. The second-order valence-electron chi connectivity index (χ2n) is 22.7. The Kier molecular flexibility index (Phi) is 20.1. The zero-order chi connectivity index (χ0) is 59.3. The van der Waals surface area contributed by atoms with E-state index in [9.17, 15) is 24.4 Å². The number of alkyl carbamates (subject to hydrolysis) is 2. The van der Waals surface area contributed by atoms with E-state index in [1.807, 2.05) is 81.3 Å². The summed E-state index contributed by atoms with van der Waals surface area (Å²) in [5, 5.41) is 27.7. The fourth-order valence-electron chi connectivity index (χ4n) is 9.62. The van der Waals surface area contributed by atoms with Gasteiger partial charge in [0.1, 0.15) is 46.1 Å². The third kappa shape index (κ3) is 18.1. The molecule has 3 unspecified atom stereocenters. The number of ether oxygens (including phenoxy) is 2. The molecule has 0 aliphatic carbocycles. The molecule has 3 atom stereocenters. The number of nitrogens with two attached hydrogens (primary N) is 3. The molecule has 3 fully saturated rings. The Morgan fingerprint density at radius 2 is 0.939 bits per heavy atom. The minimum absolute atomic E-state index is 0.0298. The first-order valence-electron chi connectivity index (χ1n) is 27.4. The van der Waals surface area contributed by atoms with Crippen molar-refractivity contribution >= 4 is 41.5 Å². The highest BCUT2D eigenvalue weighted by Crippen LogP contribution is 2.24. The van der Waals surface area contributed by atoms with Crippen molar-refractivity contribution in [1.29, 1.82) is 5.26 Å². The van der Waals surface area contributed by atoms with Crippen molar-refractivity contribution in [2.45, 2.75) is 129 Å². The molecule has 9 rings (SSSR count). The van der Waals surface area contributed by atoms with E-state index in [2.05, 4.69) is 71.6 Å². The van der Waals surface area contributed by atoms with Gasteiger partial charge in [-0.3, -0.25) is 23.6 Å². The molecule has 6 aromatic rings. The molecule has 27 nitrogen and oxygen atoms in total. The van der Waals surface area contributed by atoms with Crippen molar-refractivity contribution in [2.75, 3.05) is 54.0 Å². The maximum atomic E-state index is 12.1. The van der Waals surface area contributed by atoms with E-state index in [-0.39, 0.29) is 29.5 Å². The number of anilines is 3. The van der Waals surface area contributed by atoms with Crippen LogP contribution >= 0.6 is 0 Å². The Hall–Kier alpha value is -8.80. The van der Waals surface area contributed by atoms with E-state index < -0.39 is 35.2 Å². The summed E-state index contributed by atoms with van der Waals surface area (Å²) in [7, 11) is 5.52. The Balaban J connectivity index is 0.000000179. The SMILES string of the molecule is Cn1cc(Cc2nc(N3CCCC(N)C3)cnc2C(N)=O)cn1.Cn1cc(Cc2nc(N3CCCC(NC(=O)OC(C)(C)C)C3)cnc2C#N)cn1.Cn1cc(Cc2nc(N3CCCC(NC(=O)OC(C)(C)C)C3)cnc2C(N)=O)cn1. The van der Waals surface area contributed by atoms with Gasteiger partial charge in [0.05, 0.1) is 54.3 Å². The number of primary amides is 2. The number of amides is 4. The molecule has 3 aliphatic rings. The van der Waals surface area contributed by atoms with Crippen LogP contribution in [0.15, 0.2) is 55.8 Å². The number of nitriles is 1. The predicted molar refractivity (Wildman–Crippen MR) is 305 cm³/mol. The monoisotopic (exact) mass is 1130 g/mol. The molecule has 0 spiro atoms. The second-order valence-corrected chi connectivity index (χ2v) is 22.7. The van der Waals surface area contributed by atoms with Crippen molar-refractivity contribution < 1.29 is 28.7 Å². The average molecular weight is 1130 g/mol. The van der Waals surface area contributed by atoms with Crippen LogP contribution in [0.5, 0.6) is 0 Å². The first-order valence-corrected chi connectivity index (χ1v) is 27.4. The van der Waals surface area contributed by atoms with E-state index in [0.29, 0.717) is 66.8 Å². The molecular weight excluding hydrogens is 1050 g/mol. The van der Waals surface area contributed by atoms with Gasteiger partial charge in [-0.25, -0.2) is 39.5 Å². The van der Waals surface area contributed by atoms with Crippen molar-refractivity contribution in [1.82, 2.24) is 69.9 Å². The number of piperidine rings is 3. The molecule has 82 heavy (non-hydrogen) atoms. The molecule has 0 bridgehead atoms. The molecule has 4 amide bonds. The molecule has 3 aliphatic heterocycles.